The second-order valence-electron chi connectivity index (χ2n) is 6.71. The molecule has 0 aliphatic rings. The Balaban J connectivity index is 1.85. The Labute approximate surface area is 170 Å². The number of para-hydroxylation sites is 1. The number of carbonyl (C=O) groups is 1. The molecule has 0 bridgehead atoms. The lowest BCUT2D eigenvalue weighted by Gasteiger charge is -2.18. The van der Waals surface area contributed by atoms with Crippen LogP contribution in [0.15, 0.2) is 48.5 Å². The van der Waals surface area contributed by atoms with Crippen molar-refractivity contribution < 1.29 is 19.0 Å². The van der Waals surface area contributed by atoms with Crippen molar-refractivity contribution in [2.24, 2.45) is 0 Å². The van der Waals surface area contributed by atoms with Crippen molar-refractivity contribution in [2.45, 2.75) is 20.0 Å². The largest absolute Gasteiger partial charge is 0.505 e. The number of benzene rings is 2. The number of nitrogens with zero attached hydrogens (tertiary/aromatic N) is 3. The predicted octanol–water partition coefficient (Wildman–Crippen LogP) is 3.90. The minimum absolute atomic E-state index is 0.171. The van der Waals surface area contributed by atoms with Gasteiger partial charge in [0.2, 0.25) is 0 Å². The predicted molar refractivity (Wildman–Crippen MR) is 108 cm³/mol. The minimum Gasteiger partial charge on any atom is -0.505 e. The molecule has 2 aromatic heterocycles. The number of aryl methyl sites for hydroxylation is 1. The lowest BCUT2D eigenvalue weighted by molar-refractivity contribution is -0.145. The SMILES string of the molecule is CC(=O)OC(c1ccc(F)c(O)c1)c1nc(Nc2cc(C)[nH]n2)c2ccccc2n1. The van der Waals surface area contributed by atoms with Crippen LogP contribution in [0.25, 0.3) is 10.9 Å². The summed E-state index contributed by atoms with van der Waals surface area (Å²) in [6.45, 7) is 3.13. The number of halogens is 1. The van der Waals surface area contributed by atoms with Crippen LogP contribution in [0.1, 0.15) is 30.1 Å². The number of rotatable bonds is 5. The van der Waals surface area contributed by atoms with E-state index in [-0.39, 0.29) is 5.82 Å². The van der Waals surface area contributed by atoms with Gasteiger partial charge in [0, 0.05) is 29.6 Å². The Morgan fingerprint density at radius 1 is 1.20 bits per heavy atom. The molecule has 0 aliphatic carbocycles. The van der Waals surface area contributed by atoms with E-state index in [4.69, 9.17) is 4.74 Å². The van der Waals surface area contributed by atoms with Gasteiger partial charge >= 0.3 is 5.97 Å². The van der Waals surface area contributed by atoms with Crippen molar-refractivity contribution >= 4 is 28.5 Å². The number of aromatic hydroxyl groups is 1. The van der Waals surface area contributed by atoms with Gasteiger partial charge in [0.1, 0.15) is 5.82 Å². The molecule has 30 heavy (non-hydrogen) atoms. The van der Waals surface area contributed by atoms with Crippen LogP contribution in [0.2, 0.25) is 0 Å². The number of phenolic OH excluding ortho intramolecular Hbond substituents is 1. The fraction of sp³-hybridized carbons (Fsp3) is 0.143. The first-order valence-electron chi connectivity index (χ1n) is 9.12. The van der Waals surface area contributed by atoms with Crippen molar-refractivity contribution in [2.75, 3.05) is 5.32 Å². The Morgan fingerprint density at radius 3 is 2.70 bits per heavy atom. The summed E-state index contributed by atoms with van der Waals surface area (Å²) in [7, 11) is 0. The Morgan fingerprint density at radius 2 is 2.00 bits per heavy atom. The molecule has 4 aromatic rings. The molecule has 1 atom stereocenters. The van der Waals surface area contributed by atoms with Gasteiger partial charge in [0.25, 0.3) is 0 Å². The summed E-state index contributed by atoms with van der Waals surface area (Å²) in [4.78, 5) is 20.8. The van der Waals surface area contributed by atoms with Crippen molar-refractivity contribution in [3.8, 4) is 5.75 Å². The summed E-state index contributed by atoms with van der Waals surface area (Å²) in [6, 6.07) is 12.8. The first-order valence-corrected chi connectivity index (χ1v) is 9.12. The van der Waals surface area contributed by atoms with Gasteiger partial charge in [-0.1, -0.05) is 18.2 Å². The number of phenols is 1. The molecule has 9 heteroatoms. The second kappa shape index (κ2) is 7.78. The fourth-order valence-corrected chi connectivity index (χ4v) is 3.04. The third-order valence-electron chi connectivity index (χ3n) is 4.36. The van der Waals surface area contributed by atoms with Crippen molar-refractivity contribution in [3.05, 3.63) is 71.4 Å². The molecular weight excluding hydrogens is 389 g/mol. The summed E-state index contributed by atoms with van der Waals surface area (Å²) in [5.74, 6) is -0.717. The maximum atomic E-state index is 13.5. The van der Waals surface area contributed by atoms with Crippen LogP contribution >= 0.6 is 0 Å². The summed E-state index contributed by atoms with van der Waals surface area (Å²) >= 11 is 0. The van der Waals surface area contributed by atoms with E-state index in [0.717, 1.165) is 17.1 Å². The van der Waals surface area contributed by atoms with Gasteiger partial charge in [-0.05, 0) is 31.2 Å². The minimum atomic E-state index is -1.04. The Bertz CT molecular complexity index is 1240. The van der Waals surface area contributed by atoms with Crippen LogP contribution in [-0.2, 0) is 9.53 Å². The third kappa shape index (κ3) is 3.90. The summed E-state index contributed by atoms with van der Waals surface area (Å²) < 4.78 is 19.0. The molecule has 3 N–H and O–H groups in total. The number of H-pyrrole nitrogens is 1. The maximum Gasteiger partial charge on any atom is 0.303 e. The molecule has 0 fully saturated rings. The highest BCUT2D eigenvalue weighted by atomic mass is 19.1. The summed E-state index contributed by atoms with van der Waals surface area (Å²) in [5, 5.41) is 20.7. The maximum absolute atomic E-state index is 13.5. The number of fused-ring (bicyclic) bond motifs is 1. The lowest BCUT2D eigenvalue weighted by Crippen LogP contribution is -2.14. The highest BCUT2D eigenvalue weighted by molar-refractivity contribution is 5.90. The van der Waals surface area contributed by atoms with Crippen LogP contribution in [-0.4, -0.2) is 31.2 Å². The number of aromatic amines is 1. The van der Waals surface area contributed by atoms with Gasteiger partial charge in [-0.25, -0.2) is 14.4 Å². The number of aromatic nitrogens is 4. The molecule has 8 nitrogen and oxygen atoms in total. The van der Waals surface area contributed by atoms with Crippen molar-refractivity contribution in [3.63, 3.8) is 0 Å². The molecule has 2 heterocycles. The van der Waals surface area contributed by atoms with Crippen molar-refractivity contribution in [1.29, 1.82) is 0 Å². The Kier molecular flexibility index (Phi) is 5.01. The second-order valence-corrected chi connectivity index (χ2v) is 6.71. The highest BCUT2D eigenvalue weighted by Gasteiger charge is 2.24. The number of carbonyl (C=O) groups excluding carboxylic acids is 1. The fourth-order valence-electron chi connectivity index (χ4n) is 3.04. The smallest absolute Gasteiger partial charge is 0.303 e. The molecule has 0 saturated carbocycles. The van der Waals surface area contributed by atoms with E-state index in [1.54, 1.807) is 6.07 Å². The van der Waals surface area contributed by atoms with Gasteiger partial charge in [-0.3, -0.25) is 9.89 Å². The van der Waals surface area contributed by atoms with Crippen LogP contribution in [0.5, 0.6) is 5.75 Å². The number of hydrogen-bond acceptors (Lipinski definition) is 7. The van der Waals surface area contributed by atoms with E-state index in [1.165, 1.54) is 19.1 Å². The number of esters is 1. The third-order valence-corrected chi connectivity index (χ3v) is 4.36. The van der Waals surface area contributed by atoms with E-state index < -0.39 is 23.6 Å². The summed E-state index contributed by atoms with van der Waals surface area (Å²) in [6.07, 6.45) is -1.04. The van der Waals surface area contributed by atoms with Crippen LogP contribution in [0.3, 0.4) is 0 Å². The lowest BCUT2D eigenvalue weighted by atomic mass is 10.1. The van der Waals surface area contributed by atoms with E-state index >= 15 is 0 Å². The highest BCUT2D eigenvalue weighted by Crippen LogP contribution is 2.31. The molecule has 152 valence electrons. The van der Waals surface area contributed by atoms with Gasteiger partial charge in [0.15, 0.2) is 29.3 Å². The van der Waals surface area contributed by atoms with E-state index in [0.29, 0.717) is 22.7 Å². The molecule has 4 rings (SSSR count). The topological polar surface area (TPSA) is 113 Å². The molecular formula is C21H18FN5O3. The average molecular weight is 407 g/mol. The normalized spacial score (nSPS) is 12.0. The van der Waals surface area contributed by atoms with Gasteiger partial charge in [0.05, 0.1) is 5.52 Å². The van der Waals surface area contributed by atoms with E-state index in [9.17, 15) is 14.3 Å². The Hall–Kier alpha value is -4.01. The van der Waals surface area contributed by atoms with Crippen LogP contribution in [0.4, 0.5) is 16.0 Å². The van der Waals surface area contributed by atoms with Crippen molar-refractivity contribution in [1.82, 2.24) is 20.2 Å². The zero-order valence-corrected chi connectivity index (χ0v) is 16.2. The van der Waals surface area contributed by atoms with Gasteiger partial charge < -0.3 is 15.2 Å². The number of nitrogens with one attached hydrogen (secondary N) is 2. The zero-order chi connectivity index (χ0) is 21.3. The molecule has 0 aliphatic heterocycles. The number of anilines is 2. The van der Waals surface area contributed by atoms with Crippen LogP contribution < -0.4 is 5.32 Å². The first-order chi connectivity index (χ1) is 14.4. The first kappa shape index (κ1) is 19.3. The molecule has 1 unspecified atom stereocenters. The molecule has 0 radical (unpaired) electrons. The monoisotopic (exact) mass is 407 g/mol. The number of ether oxygens (including phenoxy) is 1. The quantitative estimate of drug-likeness (QED) is 0.430. The van der Waals surface area contributed by atoms with E-state index in [1.807, 2.05) is 31.2 Å². The molecule has 0 saturated heterocycles. The molecule has 0 amide bonds. The van der Waals surface area contributed by atoms with Gasteiger partial charge in [-0.15, -0.1) is 0 Å². The number of hydrogen-bond donors (Lipinski definition) is 3. The van der Waals surface area contributed by atoms with E-state index in [2.05, 4.69) is 25.5 Å². The average Bonchev–Trinajstić information content (AvgIpc) is 3.13. The molecule has 2 aromatic carbocycles. The van der Waals surface area contributed by atoms with Crippen LogP contribution in [0, 0.1) is 12.7 Å². The molecule has 0 spiro atoms. The zero-order valence-electron chi connectivity index (χ0n) is 16.2. The standard InChI is InChI=1S/C21H18FN5O3/c1-11-9-18(27-26-11)24-20-14-5-3-4-6-16(14)23-21(25-20)19(30-12(2)28)13-7-8-15(22)17(29)10-13/h3-10,19,29H,1-2H3,(H2,23,24,25,26,27). The van der Waals surface area contributed by atoms with Gasteiger partial charge in [-0.2, -0.15) is 5.10 Å². The summed E-state index contributed by atoms with van der Waals surface area (Å²) in [5.41, 5.74) is 1.82.